The van der Waals surface area contributed by atoms with Crippen LogP contribution in [-0.4, -0.2) is 19.1 Å². The van der Waals surface area contributed by atoms with Crippen LogP contribution >= 0.6 is 0 Å². The van der Waals surface area contributed by atoms with Crippen LogP contribution in [0.2, 0.25) is 0 Å². The average molecular weight is 378 g/mol. The van der Waals surface area contributed by atoms with Crippen LogP contribution in [0.25, 0.3) is 16.5 Å². The Morgan fingerprint density at radius 2 is 1.45 bits per heavy atom. The van der Waals surface area contributed by atoms with Crippen LogP contribution in [0.5, 0.6) is 0 Å². The quantitative estimate of drug-likeness (QED) is 0.479. The van der Waals surface area contributed by atoms with E-state index in [1.54, 1.807) is 21.3 Å². The number of aromatic nitrogens is 4. The normalized spacial score (nSPS) is 11.0. The summed E-state index contributed by atoms with van der Waals surface area (Å²) in [4.78, 5) is 13.2. The summed E-state index contributed by atoms with van der Waals surface area (Å²) in [7, 11) is 0. The minimum Gasteiger partial charge on any atom is -0.364 e. The Labute approximate surface area is 169 Å². The molecule has 0 aliphatic heterocycles. The van der Waals surface area contributed by atoms with Crippen molar-refractivity contribution in [3.8, 4) is 17.7 Å². The summed E-state index contributed by atoms with van der Waals surface area (Å²) in [6, 6.07) is 21.0. The summed E-state index contributed by atoms with van der Waals surface area (Å²) < 4.78 is 3.54. The SMILES string of the molecule is [C-]#[N+]c1cccn1-c1cccc(C(C)(C)c2cccc(-n3cccc3C#N)n2)n1. The Bertz CT molecular complexity index is 1170. The Morgan fingerprint density at radius 1 is 0.862 bits per heavy atom. The van der Waals surface area contributed by atoms with Crippen molar-refractivity contribution >= 4 is 5.82 Å². The molecule has 4 heterocycles. The maximum atomic E-state index is 9.31. The number of hydrogen-bond acceptors (Lipinski definition) is 3. The lowest BCUT2D eigenvalue weighted by Crippen LogP contribution is -2.23. The fourth-order valence-electron chi connectivity index (χ4n) is 3.27. The molecule has 0 unspecified atom stereocenters. The summed E-state index contributed by atoms with van der Waals surface area (Å²) in [6.07, 6.45) is 3.66. The molecule has 0 aromatic carbocycles. The maximum absolute atomic E-state index is 9.31. The third kappa shape index (κ3) is 3.18. The molecule has 0 spiro atoms. The number of rotatable bonds is 4. The standard InChI is InChI=1S/C23H18N6/c1-23(2,18-9-4-11-21(26-18)28-14-6-8-17(28)16-24)19-10-5-12-22(27-19)29-15-7-13-20(29)25-3/h4-15H,1-2H3. The molecule has 0 aliphatic carbocycles. The maximum Gasteiger partial charge on any atom is 0.236 e. The van der Waals surface area contributed by atoms with Gasteiger partial charge in [0, 0.05) is 17.7 Å². The first-order valence-corrected chi connectivity index (χ1v) is 9.12. The molecule has 0 saturated carbocycles. The van der Waals surface area contributed by atoms with Crippen molar-refractivity contribution in [1.82, 2.24) is 19.1 Å². The third-order valence-electron chi connectivity index (χ3n) is 4.95. The van der Waals surface area contributed by atoms with E-state index in [9.17, 15) is 5.26 Å². The van der Waals surface area contributed by atoms with E-state index < -0.39 is 5.41 Å². The van der Waals surface area contributed by atoms with Crippen LogP contribution in [0.15, 0.2) is 73.1 Å². The van der Waals surface area contributed by atoms with E-state index >= 15 is 0 Å². The van der Waals surface area contributed by atoms with Gasteiger partial charge >= 0.3 is 0 Å². The monoisotopic (exact) mass is 378 g/mol. The molecule has 0 atom stereocenters. The van der Waals surface area contributed by atoms with Crippen molar-refractivity contribution in [2.24, 2.45) is 0 Å². The van der Waals surface area contributed by atoms with Gasteiger partial charge in [-0.05, 0) is 56.3 Å². The first kappa shape index (κ1) is 18.2. The number of pyridine rings is 2. The predicted molar refractivity (Wildman–Crippen MR) is 110 cm³/mol. The number of nitrogens with zero attached hydrogens (tertiary/aromatic N) is 6. The fraction of sp³-hybridized carbons (Fsp3) is 0.130. The summed E-state index contributed by atoms with van der Waals surface area (Å²) in [5.74, 6) is 1.90. The second-order valence-electron chi connectivity index (χ2n) is 7.11. The highest BCUT2D eigenvalue weighted by molar-refractivity contribution is 5.46. The summed E-state index contributed by atoms with van der Waals surface area (Å²) in [6.45, 7) is 11.5. The van der Waals surface area contributed by atoms with Crippen LogP contribution in [0.1, 0.15) is 30.9 Å². The van der Waals surface area contributed by atoms with Gasteiger partial charge in [-0.3, -0.25) is 4.57 Å². The van der Waals surface area contributed by atoms with Crippen LogP contribution in [0.4, 0.5) is 5.82 Å². The fourth-order valence-corrected chi connectivity index (χ4v) is 3.27. The van der Waals surface area contributed by atoms with Crippen molar-refractivity contribution in [2.45, 2.75) is 19.3 Å². The average Bonchev–Trinajstić information content (AvgIpc) is 3.43. The highest BCUT2D eigenvalue weighted by Gasteiger charge is 2.27. The van der Waals surface area contributed by atoms with E-state index in [-0.39, 0.29) is 0 Å². The van der Waals surface area contributed by atoms with Crippen LogP contribution in [0, 0.1) is 17.9 Å². The van der Waals surface area contributed by atoms with Crippen LogP contribution in [-0.2, 0) is 5.41 Å². The molecular formula is C23H18N6. The molecule has 0 N–H and O–H groups in total. The zero-order valence-electron chi connectivity index (χ0n) is 16.1. The van der Waals surface area contributed by atoms with Crippen molar-refractivity contribution in [1.29, 1.82) is 5.26 Å². The Morgan fingerprint density at radius 3 is 2.07 bits per heavy atom. The van der Waals surface area contributed by atoms with Crippen LogP contribution in [0.3, 0.4) is 0 Å². The molecule has 0 bridgehead atoms. The Hall–Kier alpha value is -4.16. The van der Waals surface area contributed by atoms with Gasteiger partial charge in [0.2, 0.25) is 11.6 Å². The summed E-state index contributed by atoms with van der Waals surface area (Å²) in [5.41, 5.74) is 1.75. The molecule has 6 heteroatoms. The third-order valence-corrected chi connectivity index (χ3v) is 4.95. The van der Waals surface area contributed by atoms with Gasteiger partial charge in [-0.15, -0.1) is 0 Å². The summed E-state index contributed by atoms with van der Waals surface area (Å²) in [5, 5.41) is 9.31. The molecule has 0 fully saturated rings. The molecule has 29 heavy (non-hydrogen) atoms. The largest absolute Gasteiger partial charge is 0.364 e. The van der Waals surface area contributed by atoms with Crippen molar-refractivity contribution < 1.29 is 0 Å². The van der Waals surface area contributed by atoms with Gasteiger partial charge in [-0.2, -0.15) is 5.26 Å². The van der Waals surface area contributed by atoms with Gasteiger partial charge < -0.3 is 4.85 Å². The zero-order chi connectivity index (χ0) is 20.4. The smallest absolute Gasteiger partial charge is 0.236 e. The van der Waals surface area contributed by atoms with Gasteiger partial charge in [0.1, 0.15) is 17.6 Å². The minimum atomic E-state index is -0.475. The van der Waals surface area contributed by atoms with Gasteiger partial charge in [0.15, 0.2) is 0 Å². The topological polar surface area (TPSA) is 63.8 Å². The first-order chi connectivity index (χ1) is 14.0. The van der Waals surface area contributed by atoms with E-state index in [0.29, 0.717) is 23.1 Å². The molecule has 140 valence electrons. The van der Waals surface area contributed by atoms with Gasteiger partial charge in [-0.25, -0.2) is 14.5 Å². The van der Waals surface area contributed by atoms with Gasteiger partial charge in [0.05, 0.1) is 17.6 Å². The lowest BCUT2D eigenvalue weighted by atomic mass is 9.84. The van der Waals surface area contributed by atoms with E-state index in [1.807, 2.05) is 60.9 Å². The van der Waals surface area contributed by atoms with E-state index in [1.165, 1.54) is 0 Å². The molecule has 4 rings (SSSR count). The van der Waals surface area contributed by atoms with Gasteiger partial charge in [0.25, 0.3) is 0 Å². The molecular weight excluding hydrogens is 360 g/mol. The number of nitriles is 1. The minimum absolute atomic E-state index is 0.475. The molecule has 0 saturated heterocycles. The highest BCUT2D eigenvalue weighted by Crippen LogP contribution is 2.30. The Kier molecular flexibility index (Phi) is 4.46. The van der Waals surface area contributed by atoms with Crippen molar-refractivity contribution in [2.75, 3.05) is 0 Å². The van der Waals surface area contributed by atoms with Crippen molar-refractivity contribution in [3.05, 3.63) is 102 Å². The molecule has 0 aliphatic rings. The second kappa shape index (κ2) is 7.10. The molecule has 4 aromatic heterocycles. The van der Waals surface area contributed by atoms with Gasteiger partial charge in [-0.1, -0.05) is 18.7 Å². The molecule has 6 nitrogen and oxygen atoms in total. The van der Waals surface area contributed by atoms with Crippen LogP contribution < -0.4 is 0 Å². The Balaban J connectivity index is 1.77. The lowest BCUT2D eigenvalue weighted by molar-refractivity contribution is 0.591. The summed E-state index contributed by atoms with van der Waals surface area (Å²) >= 11 is 0. The molecule has 4 aromatic rings. The molecule has 0 amide bonds. The number of hydrogen-bond donors (Lipinski definition) is 0. The zero-order valence-corrected chi connectivity index (χ0v) is 16.1. The van der Waals surface area contributed by atoms with Crippen molar-refractivity contribution in [3.63, 3.8) is 0 Å². The van der Waals surface area contributed by atoms with E-state index in [4.69, 9.17) is 16.5 Å². The lowest BCUT2D eigenvalue weighted by Gasteiger charge is -2.24. The second-order valence-corrected chi connectivity index (χ2v) is 7.11. The van der Waals surface area contributed by atoms with E-state index in [2.05, 4.69) is 24.8 Å². The highest BCUT2D eigenvalue weighted by atomic mass is 15.1. The first-order valence-electron chi connectivity index (χ1n) is 9.12. The predicted octanol–water partition coefficient (Wildman–Crippen LogP) is 4.81. The molecule has 0 radical (unpaired) electrons. The van der Waals surface area contributed by atoms with E-state index in [0.717, 1.165) is 11.4 Å².